The number of aromatic hydroxyl groups is 2. The summed E-state index contributed by atoms with van der Waals surface area (Å²) in [7, 11) is 4.96. The number of amides is 4. The van der Waals surface area contributed by atoms with E-state index in [1.54, 1.807) is 0 Å². The maximum absolute atomic E-state index is 13.1. The lowest BCUT2D eigenvalue weighted by molar-refractivity contribution is -0.148. The maximum Gasteiger partial charge on any atom is 0.333 e. The molecule has 2 aliphatic rings. The van der Waals surface area contributed by atoms with E-state index in [9.17, 15) is 34.2 Å². The number of phenolic OH excluding ortho intramolecular Hbond substituents is 2. The van der Waals surface area contributed by atoms with Gasteiger partial charge in [0.15, 0.2) is 11.5 Å². The zero-order chi connectivity index (χ0) is 22.9. The van der Waals surface area contributed by atoms with Crippen molar-refractivity contribution in [1.29, 1.82) is 0 Å². The van der Waals surface area contributed by atoms with Crippen molar-refractivity contribution in [2.75, 3.05) is 14.1 Å². The van der Waals surface area contributed by atoms with Gasteiger partial charge < -0.3 is 14.9 Å². The lowest BCUT2D eigenvalue weighted by Gasteiger charge is -2.38. The second kappa shape index (κ2) is 6.45. The van der Waals surface area contributed by atoms with E-state index >= 15 is 0 Å². The molecule has 0 aliphatic carbocycles. The topological polar surface area (TPSA) is 151 Å². The van der Waals surface area contributed by atoms with Gasteiger partial charge in [0.1, 0.15) is 5.92 Å². The molecule has 1 aromatic heterocycles. The van der Waals surface area contributed by atoms with Crippen molar-refractivity contribution in [2.45, 2.75) is 5.92 Å². The standard InChI is InChI=1S/C19H18N4O8/c1-20-14(26)10(15(27)21(2)18(20)29)9-7-5-6-8(24)12(25)13(7)31-17-11(9)16(28)22(3)19(30)23(17)4/h5-6,9-10,24-25H,1-4H3/t9-/m1/s1. The number of hydrogen-bond donors (Lipinski definition) is 2. The third-order valence-corrected chi connectivity index (χ3v) is 5.73. The number of fused-ring (bicyclic) bond motifs is 2. The summed E-state index contributed by atoms with van der Waals surface area (Å²) in [4.78, 5) is 65.3. The predicted octanol–water partition coefficient (Wildman–Crippen LogP) is -0.601. The van der Waals surface area contributed by atoms with Crippen LogP contribution in [0.3, 0.4) is 0 Å². The molecule has 1 atom stereocenters. The molecule has 1 saturated heterocycles. The molecule has 12 nitrogen and oxygen atoms in total. The van der Waals surface area contributed by atoms with Crippen LogP contribution in [0.5, 0.6) is 23.1 Å². The number of carbonyl (C=O) groups is 3. The van der Waals surface area contributed by atoms with E-state index in [0.29, 0.717) is 0 Å². The molecule has 0 spiro atoms. The smallest absolute Gasteiger partial charge is 0.333 e. The summed E-state index contributed by atoms with van der Waals surface area (Å²) in [5.41, 5.74) is -1.63. The zero-order valence-electron chi connectivity index (χ0n) is 16.9. The van der Waals surface area contributed by atoms with Crippen LogP contribution in [-0.4, -0.2) is 61.1 Å². The van der Waals surface area contributed by atoms with Crippen LogP contribution in [0, 0.1) is 5.92 Å². The average molecular weight is 430 g/mol. The van der Waals surface area contributed by atoms with E-state index in [-0.39, 0.29) is 22.8 Å². The summed E-state index contributed by atoms with van der Waals surface area (Å²) in [6, 6.07) is 1.60. The largest absolute Gasteiger partial charge is 0.504 e. The third-order valence-electron chi connectivity index (χ3n) is 5.73. The van der Waals surface area contributed by atoms with Gasteiger partial charge >= 0.3 is 11.7 Å². The molecule has 0 saturated carbocycles. The van der Waals surface area contributed by atoms with E-state index in [1.807, 2.05) is 0 Å². The first-order valence-electron chi connectivity index (χ1n) is 9.10. The summed E-state index contributed by atoms with van der Waals surface area (Å²) in [5.74, 6) is -6.38. The Labute approximate surface area is 174 Å². The van der Waals surface area contributed by atoms with Crippen LogP contribution in [0.2, 0.25) is 0 Å². The number of aromatic nitrogens is 2. The highest BCUT2D eigenvalue weighted by Gasteiger charge is 2.51. The Morgan fingerprint density at radius 3 is 2.00 bits per heavy atom. The summed E-state index contributed by atoms with van der Waals surface area (Å²) >= 11 is 0. The van der Waals surface area contributed by atoms with Gasteiger partial charge in [0, 0.05) is 39.7 Å². The number of urea groups is 1. The number of carbonyl (C=O) groups excluding carboxylic acids is 3. The van der Waals surface area contributed by atoms with E-state index in [2.05, 4.69) is 0 Å². The molecule has 0 bridgehead atoms. The average Bonchev–Trinajstić information content (AvgIpc) is 2.75. The molecule has 4 amide bonds. The van der Waals surface area contributed by atoms with Crippen molar-refractivity contribution in [3.63, 3.8) is 0 Å². The zero-order valence-corrected chi connectivity index (χ0v) is 16.9. The van der Waals surface area contributed by atoms with Crippen LogP contribution >= 0.6 is 0 Å². The van der Waals surface area contributed by atoms with Gasteiger partial charge in [-0.15, -0.1) is 0 Å². The maximum atomic E-state index is 13.1. The quantitative estimate of drug-likeness (QED) is 0.450. The second-order valence-electron chi connectivity index (χ2n) is 7.41. The Kier molecular flexibility index (Phi) is 4.20. The first-order valence-corrected chi connectivity index (χ1v) is 9.10. The van der Waals surface area contributed by atoms with Crippen LogP contribution in [0.4, 0.5) is 4.79 Å². The van der Waals surface area contributed by atoms with Crippen molar-refractivity contribution in [1.82, 2.24) is 18.9 Å². The molecular weight excluding hydrogens is 412 g/mol. The molecule has 2 aromatic rings. The first kappa shape index (κ1) is 20.2. The number of nitrogens with zero attached hydrogens (tertiary/aromatic N) is 4. The molecule has 0 radical (unpaired) electrons. The van der Waals surface area contributed by atoms with Crippen LogP contribution < -0.4 is 16.0 Å². The van der Waals surface area contributed by atoms with E-state index in [4.69, 9.17) is 4.74 Å². The molecule has 12 heteroatoms. The Hall–Kier alpha value is -4.09. The van der Waals surface area contributed by atoms with E-state index in [0.717, 1.165) is 25.0 Å². The molecule has 2 N–H and O–H groups in total. The van der Waals surface area contributed by atoms with Gasteiger partial charge in [-0.05, 0) is 6.07 Å². The summed E-state index contributed by atoms with van der Waals surface area (Å²) in [6.07, 6.45) is 0. The molecule has 1 aromatic carbocycles. The SMILES string of the molecule is CN1C(=O)C([C@H]2c3ccc(O)c(O)c3Oc3c2c(=O)n(C)c(=O)n3C)C(=O)N(C)C1=O. The van der Waals surface area contributed by atoms with Crippen molar-refractivity contribution in [2.24, 2.45) is 20.0 Å². The molecule has 2 aliphatic heterocycles. The molecule has 4 rings (SSSR count). The van der Waals surface area contributed by atoms with Crippen LogP contribution in [-0.2, 0) is 23.7 Å². The highest BCUT2D eigenvalue weighted by atomic mass is 16.5. The molecule has 31 heavy (non-hydrogen) atoms. The Bertz CT molecular complexity index is 1280. The normalized spacial score (nSPS) is 18.7. The van der Waals surface area contributed by atoms with E-state index in [1.165, 1.54) is 34.3 Å². The monoisotopic (exact) mass is 430 g/mol. The summed E-state index contributed by atoms with van der Waals surface area (Å²) < 4.78 is 7.42. The number of hydrogen-bond acceptors (Lipinski definition) is 8. The number of imide groups is 2. The minimum atomic E-state index is -1.55. The number of ether oxygens (including phenoxy) is 1. The minimum Gasteiger partial charge on any atom is -0.504 e. The van der Waals surface area contributed by atoms with Gasteiger partial charge in [0.25, 0.3) is 5.56 Å². The predicted molar refractivity (Wildman–Crippen MR) is 103 cm³/mol. The van der Waals surface area contributed by atoms with Crippen molar-refractivity contribution in [3.05, 3.63) is 44.1 Å². The Balaban J connectivity index is 2.10. The number of barbiturate groups is 1. The molecule has 3 heterocycles. The van der Waals surface area contributed by atoms with Gasteiger partial charge in [0.05, 0.1) is 5.56 Å². The van der Waals surface area contributed by atoms with Crippen molar-refractivity contribution in [3.8, 4) is 23.1 Å². The Morgan fingerprint density at radius 1 is 0.839 bits per heavy atom. The fraction of sp³-hybridized carbons (Fsp3) is 0.316. The highest BCUT2D eigenvalue weighted by Crippen LogP contribution is 2.52. The van der Waals surface area contributed by atoms with Crippen LogP contribution in [0.25, 0.3) is 0 Å². The van der Waals surface area contributed by atoms with Crippen molar-refractivity contribution < 1.29 is 29.3 Å². The molecule has 162 valence electrons. The lowest BCUT2D eigenvalue weighted by Crippen LogP contribution is -2.59. The van der Waals surface area contributed by atoms with Gasteiger partial charge in [-0.3, -0.25) is 33.3 Å². The number of rotatable bonds is 1. The van der Waals surface area contributed by atoms with Crippen LogP contribution in [0.15, 0.2) is 21.7 Å². The fourth-order valence-electron chi connectivity index (χ4n) is 3.99. The molecule has 1 fully saturated rings. The fourth-order valence-corrected chi connectivity index (χ4v) is 3.99. The number of benzene rings is 1. The second-order valence-corrected chi connectivity index (χ2v) is 7.41. The summed E-state index contributed by atoms with van der Waals surface area (Å²) in [5, 5.41) is 20.3. The first-order chi connectivity index (χ1) is 14.5. The van der Waals surface area contributed by atoms with Gasteiger partial charge in [0.2, 0.25) is 23.4 Å². The van der Waals surface area contributed by atoms with E-state index < -0.39 is 52.4 Å². The van der Waals surface area contributed by atoms with Crippen molar-refractivity contribution >= 4 is 17.8 Å². The Morgan fingerprint density at radius 2 is 1.42 bits per heavy atom. The molecular formula is C19H18N4O8. The lowest BCUT2D eigenvalue weighted by atomic mass is 9.77. The minimum absolute atomic E-state index is 0.0707. The number of phenols is 2. The van der Waals surface area contributed by atoms with Gasteiger partial charge in [-0.1, -0.05) is 6.07 Å². The summed E-state index contributed by atoms with van der Waals surface area (Å²) in [6.45, 7) is 0. The van der Waals surface area contributed by atoms with Gasteiger partial charge in [-0.2, -0.15) is 0 Å². The van der Waals surface area contributed by atoms with Crippen LogP contribution in [0.1, 0.15) is 17.0 Å². The molecule has 0 unspecified atom stereocenters. The van der Waals surface area contributed by atoms with Gasteiger partial charge in [-0.25, -0.2) is 9.59 Å². The third kappa shape index (κ3) is 2.50. The highest BCUT2D eigenvalue weighted by molar-refractivity contribution is 6.16.